The van der Waals surface area contributed by atoms with Gasteiger partial charge in [-0.1, -0.05) is 17.4 Å². The van der Waals surface area contributed by atoms with Crippen molar-refractivity contribution in [2.45, 2.75) is 6.54 Å². The number of aromatic nitrogens is 4. The zero-order valence-electron chi connectivity index (χ0n) is 14.7. The van der Waals surface area contributed by atoms with E-state index in [2.05, 4.69) is 41.3 Å². The Balaban J connectivity index is 1.31. The lowest BCUT2D eigenvalue weighted by Crippen LogP contribution is -2.46. The number of amides is 1. The lowest BCUT2D eigenvalue weighted by atomic mass is 10.2. The van der Waals surface area contributed by atoms with Crippen LogP contribution in [-0.4, -0.2) is 57.2 Å². The molecule has 1 saturated heterocycles. The first kappa shape index (κ1) is 17.5. The summed E-state index contributed by atoms with van der Waals surface area (Å²) in [7, 11) is 0. The predicted octanol–water partition coefficient (Wildman–Crippen LogP) is 1.90. The minimum atomic E-state index is -0.231. The number of hydrogen-bond acceptors (Lipinski definition) is 8. The highest BCUT2D eigenvalue weighted by atomic mass is 32.1. The maximum atomic E-state index is 12.2. The van der Waals surface area contributed by atoms with Gasteiger partial charge in [-0.05, 0) is 24.3 Å². The van der Waals surface area contributed by atoms with E-state index in [1.807, 2.05) is 24.4 Å². The van der Waals surface area contributed by atoms with Gasteiger partial charge in [-0.2, -0.15) is 0 Å². The van der Waals surface area contributed by atoms with Gasteiger partial charge >= 0.3 is 0 Å². The molecule has 27 heavy (non-hydrogen) atoms. The average molecular weight is 381 g/mol. The van der Waals surface area contributed by atoms with Gasteiger partial charge in [-0.3, -0.25) is 20.0 Å². The Labute approximate surface area is 160 Å². The van der Waals surface area contributed by atoms with Crippen molar-refractivity contribution in [2.24, 2.45) is 0 Å². The first-order chi connectivity index (χ1) is 13.3. The maximum Gasteiger partial charge on any atom is 0.259 e. The largest absolute Gasteiger partial charge is 0.354 e. The molecule has 3 aromatic heterocycles. The predicted molar refractivity (Wildman–Crippen MR) is 104 cm³/mol. The summed E-state index contributed by atoms with van der Waals surface area (Å²) in [4.78, 5) is 25.7. The van der Waals surface area contributed by atoms with E-state index in [9.17, 15) is 4.79 Å². The van der Waals surface area contributed by atoms with Crippen molar-refractivity contribution < 1.29 is 4.79 Å². The maximum absolute atomic E-state index is 12.2. The van der Waals surface area contributed by atoms with Gasteiger partial charge in [0.05, 0.1) is 11.3 Å². The number of nitrogens with zero attached hydrogens (tertiary/aromatic N) is 6. The van der Waals surface area contributed by atoms with Gasteiger partial charge in [0, 0.05) is 45.1 Å². The molecule has 1 aliphatic rings. The lowest BCUT2D eigenvalue weighted by molar-refractivity contribution is 0.102. The molecule has 1 aliphatic heterocycles. The number of nitrogens with one attached hydrogen (secondary N) is 1. The summed E-state index contributed by atoms with van der Waals surface area (Å²) in [6.07, 6.45) is 3.43. The summed E-state index contributed by atoms with van der Waals surface area (Å²) in [5, 5.41) is 10.7. The first-order valence-electron chi connectivity index (χ1n) is 8.69. The average Bonchev–Trinajstić information content (AvgIpc) is 3.22. The van der Waals surface area contributed by atoms with Gasteiger partial charge in [0.25, 0.3) is 5.91 Å². The minimum Gasteiger partial charge on any atom is -0.354 e. The molecule has 9 heteroatoms. The van der Waals surface area contributed by atoms with Crippen molar-refractivity contribution in [1.82, 2.24) is 25.1 Å². The van der Waals surface area contributed by atoms with Gasteiger partial charge in [-0.15, -0.1) is 10.2 Å². The second-order valence-electron chi connectivity index (χ2n) is 6.19. The molecule has 0 bridgehead atoms. The third-order valence-corrected chi connectivity index (χ3v) is 5.01. The van der Waals surface area contributed by atoms with Crippen LogP contribution in [0.1, 0.15) is 16.1 Å². The van der Waals surface area contributed by atoms with Crippen LogP contribution in [0.2, 0.25) is 0 Å². The molecule has 1 N–H and O–H groups in total. The third kappa shape index (κ3) is 4.44. The lowest BCUT2D eigenvalue weighted by Gasteiger charge is -2.35. The number of rotatable bonds is 5. The Hall–Kier alpha value is -2.91. The van der Waals surface area contributed by atoms with E-state index < -0.39 is 0 Å². The monoisotopic (exact) mass is 381 g/mol. The van der Waals surface area contributed by atoms with Crippen LogP contribution >= 0.6 is 11.3 Å². The fraction of sp³-hybridized carbons (Fsp3) is 0.278. The molecule has 0 aliphatic carbocycles. The molecule has 4 heterocycles. The Bertz CT molecular complexity index is 862. The van der Waals surface area contributed by atoms with E-state index in [4.69, 9.17) is 0 Å². The Morgan fingerprint density at radius 2 is 2.00 bits per heavy atom. The summed E-state index contributed by atoms with van der Waals surface area (Å²) < 4.78 is 0. The summed E-state index contributed by atoms with van der Waals surface area (Å²) in [5.41, 5.74) is 3.17. The zero-order chi connectivity index (χ0) is 18.5. The molecule has 3 aromatic rings. The topological polar surface area (TPSA) is 87.1 Å². The first-order valence-corrected chi connectivity index (χ1v) is 9.57. The van der Waals surface area contributed by atoms with E-state index in [1.165, 1.54) is 11.3 Å². The summed E-state index contributed by atoms with van der Waals surface area (Å²) in [5.74, 6) is 0.658. The van der Waals surface area contributed by atoms with Crippen molar-refractivity contribution in [3.8, 4) is 0 Å². The highest BCUT2D eigenvalue weighted by molar-refractivity contribution is 7.13. The van der Waals surface area contributed by atoms with Gasteiger partial charge in [0.1, 0.15) is 11.3 Å². The quantitative estimate of drug-likeness (QED) is 0.722. The normalized spacial score (nSPS) is 14.9. The van der Waals surface area contributed by atoms with Crippen LogP contribution in [0.4, 0.5) is 10.9 Å². The van der Waals surface area contributed by atoms with Crippen LogP contribution < -0.4 is 10.2 Å². The molecule has 0 atom stereocenters. The van der Waals surface area contributed by atoms with Crippen LogP contribution in [0.5, 0.6) is 0 Å². The summed E-state index contributed by atoms with van der Waals surface area (Å²) in [6.45, 7) is 4.58. The van der Waals surface area contributed by atoms with Crippen LogP contribution in [0, 0.1) is 0 Å². The molecule has 4 rings (SSSR count). The Kier molecular flexibility index (Phi) is 5.31. The van der Waals surface area contributed by atoms with Crippen molar-refractivity contribution in [3.63, 3.8) is 0 Å². The molecule has 0 radical (unpaired) electrons. The number of anilines is 2. The Morgan fingerprint density at radius 3 is 2.67 bits per heavy atom. The molecular weight excluding hydrogens is 362 g/mol. The third-order valence-electron chi connectivity index (χ3n) is 4.40. The molecule has 8 nitrogen and oxygen atoms in total. The van der Waals surface area contributed by atoms with Gasteiger partial charge in [0.2, 0.25) is 5.13 Å². The highest BCUT2D eigenvalue weighted by Gasteiger charge is 2.19. The van der Waals surface area contributed by atoms with E-state index >= 15 is 0 Å². The summed E-state index contributed by atoms with van der Waals surface area (Å²) >= 11 is 1.28. The molecule has 1 fully saturated rings. The second kappa shape index (κ2) is 8.19. The molecular formula is C18H19N7OS. The summed E-state index contributed by atoms with van der Waals surface area (Å²) in [6, 6.07) is 9.69. The van der Waals surface area contributed by atoms with Crippen LogP contribution in [-0.2, 0) is 6.54 Å². The standard InChI is InChI=1S/C18H19N7OS/c26-17(22-18-23-21-13-27-18)14-4-5-16(20-11-14)25-9-7-24(8-10-25)12-15-3-1-2-6-19-15/h1-6,11,13H,7-10,12H2,(H,22,23,26). The molecule has 138 valence electrons. The number of carbonyl (C=O) groups excluding carboxylic acids is 1. The number of piperazine rings is 1. The number of hydrogen-bond donors (Lipinski definition) is 1. The van der Waals surface area contributed by atoms with Gasteiger partial charge in [0.15, 0.2) is 0 Å². The van der Waals surface area contributed by atoms with Gasteiger partial charge < -0.3 is 4.90 Å². The van der Waals surface area contributed by atoms with E-state index in [-0.39, 0.29) is 5.91 Å². The fourth-order valence-corrected chi connectivity index (χ4v) is 3.40. The van der Waals surface area contributed by atoms with Crippen molar-refractivity contribution >= 4 is 28.2 Å². The second-order valence-corrected chi connectivity index (χ2v) is 7.02. The minimum absolute atomic E-state index is 0.231. The van der Waals surface area contributed by atoms with E-state index in [0.717, 1.165) is 44.2 Å². The number of pyridine rings is 2. The van der Waals surface area contributed by atoms with Crippen LogP contribution in [0.15, 0.2) is 48.2 Å². The highest BCUT2D eigenvalue weighted by Crippen LogP contribution is 2.16. The van der Waals surface area contributed by atoms with Crippen molar-refractivity contribution in [1.29, 1.82) is 0 Å². The van der Waals surface area contributed by atoms with Crippen molar-refractivity contribution in [3.05, 3.63) is 59.5 Å². The van der Waals surface area contributed by atoms with E-state index in [0.29, 0.717) is 10.7 Å². The van der Waals surface area contributed by atoms with Crippen molar-refractivity contribution in [2.75, 3.05) is 36.4 Å². The van der Waals surface area contributed by atoms with Crippen LogP contribution in [0.25, 0.3) is 0 Å². The number of carbonyl (C=O) groups is 1. The Morgan fingerprint density at radius 1 is 1.11 bits per heavy atom. The smallest absolute Gasteiger partial charge is 0.259 e. The fourth-order valence-electron chi connectivity index (χ4n) is 2.96. The molecule has 0 spiro atoms. The van der Waals surface area contributed by atoms with Gasteiger partial charge in [-0.25, -0.2) is 4.98 Å². The SMILES string of the molecule is O=C(Nc1nncs1)c1ccc(N2CCN(Cc3ccccn3)CC2)nc1. The molecule has 1 amide bonds. The molecule has 0 aromatic carbocycles. The van der Waals surface area contributed by atoms with Crippen LogP contribution in [0.3, 0.4) is 0 Å². The van der Waals surface area contributed by atoms with E-state index in [1.54, 1.807) is 17.8 Å². The molecule has 0 saturated carbocycles. The molecule has 0 unspecified atom stereocenters. The zero-order valence-corrected chi connectivity index (χ0v) is 15.5.